The highest BCUT2D eigenvalue weighted by Gasteiger charge is 2.36. The van der Waals surface area contributed by atoms with Crippen LogP contribution in [0.25, 0.3) is 11.5 Å². The molecule has 0 saturated heterocycles. The Balaban J connectivity index is 1.44. The zero-order valence-electron chi connectivity index (χ0n) is 15.7. The summed E-state index contributed by atoms with van der Waals surface area (Å²) < 4.78 is 11.5. The molecular weight excluding hydrogens is 413 g/mol. The lowest BCUT2D eigenvalue weighted by atomic mass is 10.2. The van der Waals surface area contributed by atoms with Gasteiger partial charge in [-0.1, -0.05) is 23.2 Å². The quantitative estimate of drug-likeness (QED) is 0.526. The SMILES string of the molecule is CC(Oc1ccc(Cl)cc1)C(=O)N(Cc1nnc(-c2ccc(Cl)cc2)o1)C1CC1. The Hall–Kier alpha value is -2.57. The fourth-order valence-electron chi connectivity index (χ4n) is 2.95. The van der Waals surface area contributed by atoms with E-state index < -0.39 is 6.10 Å². The number of carbonyl (C=O) groups excluding carboxylic acids is 1. The lowest BCUT2D eigenvalue weighted by molar-refractivity contribution is -0.139. The van der Waals surface area contributed by atoms with Crippen molar-refractivity contribution in [2.45, 2.75) is 38.5 Å². The minimum absolute atomic E-state index is 0.117. The number of rotatable bonds is 7. The van der Waals surface area contributed by atoms with Gasteiger partial charge < -0.3 is 14.1 Å². The fraction of sp³-hybridized carbons (Fsp3) is 0.286. The number of hydrogen-bond acceptors (Lipinski definition) is 5. The van der Waals surface area contributed by atoms with E-state index in [9.17, 15) is 4.79 Å². The number of ether oxygens (including phenoxy) is 1. The molecule has 0 radical (unpaired) electrons. The number of nitrogens with zero attached hydrogens (tertiary/aromatic N) is 3. The number of hydrogen-bond donors (Lipinski definition) is 0. The van der Waals surface area contributed by atoms with E-state index in [0.717, 1.165) is 18.4 Å². The van der Waals surface area contributed by atoms with Crippen LogP contribution in [0.5, 0.6) is 5.75 Å². The predicted octanol–water partition coefficient (Wildman–Crippen LogP) is 5.00. The van der Waals surface area contributed by atoms with Gasteiger partial charge in [-0.05, 0) is 68.3 Å². The molecule has 1 aliphatic rings. The summed E-state index contributed by atoms with van der Waals surface area (Å²) >= 11 is 11.8. The highest BCUT2D eigenvalue weighted by Crippen LogP contribution is 2.30. The summed E-state index contributed by atoms with van der Waals surface area (Å²) in [7, 11) is 0. The van der Waals surface area contributed by atoms with Gasteiger partial charge in [0.1, 0.15) is 5.75 Å². The van der Waals surface area contributed by atoms with Crippen molar-refractivity contribution in [3.63, 3.8) is 0 Å². The first-order valence-corrected chi connectivity index (χ1v) is 10.1. The lowest BCUT2D eigenvalue weighted by Crippen LogP contribution is -2.41. The van der Waals surface area contributed by atoms with Crippen LogP contribution in [-0.4, -0.2) is 33.2 Å². The van der Waals surface area contributed by atoms with E-state index in [1.54, 1.807) is 48.2 Å². The number of halogens is 2. The molecule has 1 atom stereocenters. The summed E-state index contributed by atoms with van der Waals surface area (Å²) in [6.45, 7) is 1.98. The molecule has 1 heterocycles. The Morgan fingerprint density at radius 2 is 1.72 bits per heavy atom. The summed E-state index contributed by atoms with van der Waals surface area (Å²) in [5.74, 6) is 1.25. The fourth-order valence-corrected chi connectivity index (χ4v) is 3.20. The molecule has 0 bridgehead atoms. The first kappa shape index (κ1) is 19.7. The van der Waals surface area contributed by atoms with Crippen LogP contribution in [0.4, 0.5) is 0 Å². The topological polar surface area (TPSA) is 68.5 Å². The molecule has 29 heavy (non-hydrogen) atoms. The van der Waals surface area contributed by atoms with Gasteiger partial charge >= 0.3 is 0 Å². The summed E-state index contributed by atoms with van der Waals surface area (Å²) in [6, 6.07) is 14.2. The Morgan fingerprint density at radius 1 is 1.10 bits per heavy atom. The van der Waals surface area contributed by atoms with E-state index >= 15 is 0 Å². The average molecular weight is 432 g/mol. The van der Waals surface area contributed by atoms with E-state index in [-0.39, 0.29) is 18.5 Å². The van der Waals surface area contributed by atoms with Crippen molar-refractivity contribution in [1.29, 1.82) is 0 Å². The minimum Gasteiger partial charge on any atom is -0.481 e. The van der Waals surface area contributed by atoms with Gasteiger partial charge in [-0.3, -0.25) is 4.79 Å². The first-order valence-electron chi connectivity index (χ1n) is 9.30. The van der Waals surface area contributed by atoms with Crippen molar-refractivity contribution in [2.75, 3.05) is 0 Å². The standard InChI is InChI=1S/C21H19Cl2N3O3/c1-13(28-18-10-6-16(23)7-11-18)21(27)26(17-8-9-17)12-19-24-25-20(29-19)14-2-4-15(22)5-3-14/h2-7,10-11,13,17H,8-9,12H2,1H3. The predicted molar refractivity (Wildman–Crippen MR) is 110 cm³/mol. The molecule has 6 nitrogen and oxygen atoms in total. The second-order valence-corrected chi connectivity index (χ2v) is 7.79. The van der Waals surface area contributed by atoms with Crippen molar-refractivity contribution >= 4 is 29.1 Å². The summed E-state index contributed by atoms with van der Waals surface area (Å²) in [5, 5.41) is 9.44. The molecule has 1 amide bonds. The van der Waals surface area contributed by atoms with Gasteiger partial charge in [0.25, 0.3) is 5.91 Å². The smallest absolute Gasteiger partial charge is 0.264 e. The van der Waals surface area contributed by atoms with Crippen LogP contribution in [0.1, 0.15) is 25.7 Å². The van der Waals surface area contributed by atoms with Gasteiger partial charge in [-0.15, -0.1) is 10.2 Å². The summed E-state index contributed by atoms with van der Waals surface area (Å²) in [4.78, 5) is 14.7. The molecule has 2 aromatic carbocycles. The molecule has 4 rings (SSSR count). The first-order chi connectivity index (χ1) is 14.0. The van der Waals surface area contributed by atoms with E-state index in [1.165, 1.54) is 0 Å². The second kappa shape index (κ2) is 8.43. The third kappa shape index (κ3) is 4.89. The van der Waals surface area contributed by atoms with Crippen LogP contribution in [0.2, 0.25) is 10.0 Å². The van der Waals surface area contributed by atoms with Crippen LogP contribution >= 0.6 is 23.2 Å². The molecule has 1 fully saturated rings. The second-order valence-electron chi connectivity index (χ2n) is 6.92. The minimum atomic E-state index is -0.643. The molecule has 0 aliphatic heterocycles. The number of carbonyl (C=O) groups is 1. The maximum Gasteiger partial charge on any atom is 0.264 e. The lowest BCUT2D eigenvalue weighted by Gasteiger charge is -2.24. The van der Waals surface area contributed by atoms with Gasteiger partial charge in [-0.2, -0.15) is 0 Å². The molecule has 150 valence electrons. The molecular formula is C21H19Cl2N3O3. The molecule has 1 aliphatic carbocycles. The van der Waals surface area contributed by atoms with Crippen molar-refractivity contribution in [3.8, 4) is 17.2 Å². The monoisotopic (exact) mass is 431 g/mol. The van der Waals surface area contributed by atoms with E-state index in [0.29, 0.717) is 27.6 Å². The number of benzene rings is 2. The van der Waals surface area contributed by atoms with Gasteiger partial charge in [0.2, 0.25) is 11.8 Å². The third-order valence-corrected chi connectivity index (χ3v) is 5.11. The Bertz CT molecular complexity index is 985. The molecule has 1 saturated carbocycles. The van der Waals surface area contributed by atoms with Gasteiger partial charge in [0, 0.05) is 21.7 Å². The third-order valence-electron chi connectivity index (χ3n) is 4.61. The summed E-state index contributed by atoms with van der Waals surface area (Å²) in [5.41, 5.74) is 0.775. The highest BCUT2D eigenvalue weighted by molar-refractivity contribution is 6.30. The Morgan fingerprint density at radius 3 is 2.34 bits per heavy atom. The molecule has 8 heteroatoms. The largest absolute Gasteiger partial charge is 0.481 e. The van der Waals surface area contributed by atoms with Crippen LogP contribution in [0, 0.1) is 0 Å². The van der Waals surface area contributed by atoms with Crippen LogP contribution in [0.3, 0.4) is 0 Å². The van der Waals surface area contributed by atoms with Crippen LogP contribution < -0.4 is 4.74 Å². The van der Waals surface area contributed by atoms with Gasteiger partial charge in [-0.25, -0.2) is 0 Å². The number of amides is 1. The van der Waals surface area contributed by atoms with E-state index in [1.807, 2.05) is 12.1 Å². The van der Waals surface area contributed by atoms with Crippen LogP contribution in [-0.2, 0) is 11.3 Å². The zero-order valence-corrected chi connectivity index (χ0v) is 17.2. The Kier molecular flexibility index (Phi) is 5.74. The molecule has 3 aromatic rings. The summed E-state index contributed by atoms with van der Waals surface area (Å²) in [6.07, 6.45) is 1.27. The molecule has 0 N–H and O–H groups in total. The molecule has 0 spiro atoms. The zero-order chi connectivity index (χ0) is 20.4. The van der Waals surface area contributed by atoms with Crippen molar-refractivity contribution in [2.24, 2.45) is 0 Å². The molecule has 1 unspecified atom stereocenters. The molecule has 1 aromatic heterocycles. The maximum absolute atomic E-state index is 13.0. The van der Waals surface area contributed by atoms with Crippen molar-refractivity contribution < 1.29 is 13.9 Å². The Labute approximate surface area is 178 Å². The maximum atomic E-state index is 13.0. The van der Waals surface area contributed by atoms with Gasteiger partial charge in [0.05, 0.1) is 6.54 Å². The van der Waals surface area contributed by atoms with E-state index in [4.69, 9.17) is 32.4 Å². The average Bonchev–Trinajstić information content (AvgIpc) is 3.46. The van der Waals surface area contributed by atoms with Gasteiger partial charge in [0.15, 0.2) is 6.10 Å². The van der Waals surface area contributed by atoms with Crippen LogP contribution in [0.15, 0.2) is 52.9 Å². The van der Waals surface area contributed by atoms with Crippen molar-refractivity contribution in [3.05, 3.63) is 64.5 Å². The number of aromatic nitrogens is 2. The normalized spacial score (nSPS) is 14.4. The van der Waals surface area contributed by atoms with E-state index in [2.05, 4.69) is 10.2 Å². The van der Waals surface area contributed by atoms with Crippen molar-refractivity contribution in [1.82, 2.24) is 15.1 Å². The highest BCUT2D eigenvalue weighted by atomic mass is 35.5.